The third-order valence-corrected chi connectivity index (χ3v) is 2.85. The number of aliphatic hydroxyl groups is 2. The van der Waals surface area contributed by atoms with Gasteiger partial charge in [0.1, 0.15) is 0 Å². The Labute approximate surface area is 108 Å². The SMILES string of the molecule is CC(C)c1ccc(C(=O)N(CCO)CCO)cc1. The van der Waals surface area contributed by atoms with E-state index in [1.54, 1.807) is 12.1 Å². The van der Waals surface area contributed by atoms with Gasteiger partial charge >= 0.3 is 0 Å². The van der Waals surface area contributed by atoms with E-state index >= 15 is 0 Å². The molecule has 1 rings (SSSR count). The standard InChI is InChI=1S/C14H21NO3/c1-11(2)12-3-5-13(6-4-12)14(18)15(7-9-16)8-10-17/h3-6,11,16-17H,7-10H2,1-2H3. The predicted molar refractivity (Wildman–Crippen MR) is 70.6 cm³/mol. The molecule has 0 heterocycles. The molecule has 1 aromatic rings. The number of nitrogens with zero attached hydrogens (tertiary/aromatic N) is 1. The van der Waals surface area contributed by atoms with Gasteiger partial charge < -0.3 is 15.1 Å². The summed E-state index contributed by atoms with van der Waals surface area (Å²) in [6, 6.07) is 7.46. The number of aliphatic hydroxyl groups excluding tert-OH is 2. The lowest BCUT2D eigenvalue weighted by molar-refractivity contribution is 0.0685. The zero-order valence-electron chi connectivity index (χ0n) is 11.0. The first-order valence-electron chi connectivity index (χ1n) is 6.21. The molecule has 1 amide bonds. The minimum Gasteiger partial charge on any atom is -0.395 e. The van der Waals surface area contributed by atoms with Crippen LogP contribution in [0.3, 0.4) is 0 Å². The fraction of sp³-hybridized carbons (Fsp3) is 0.500. The molecule has 0 aromatic heterocycles. The maximum Gasteiger partial charge on any atom is 0.254 e. The molecule has 0 aliphatic heterocycles. The molecular formula is C14H21NO3. The highest BCUT2D eigenvalue weighted by atomic mass is 16.3. The van der Waals surface area contributed by atoms with Crippen LogP contribution in [0.15, 0.2) is 24.3 Å². The lowest BCUT2D eigenvalue weighted by Crippen LogP contribution is -2.35. The van der Waals surface area contributed by atoms with Gasteiger partial charge in [-0.05, 0) is 23.6 Å². The van der Waals surface area contributed by atoms with Crippen LogP contribution in [0.1, 0.15) is 35.7 Å². The number of carbonyl (C=O) groups is 1. The topological polar surface area (TPSA) is 60.8 Å². The highest BCUT2D eigenvalue weighted by Gasteiger charge is 2.14. The third-order valence-electron chi connectivity index (χ3n) is 2.85. The lowest BCUT2D eigenvalue weighted by Gasteiger charge is -2.20. The van der Waals surface area contributed by atoms with Gasteiger partial charge in [-0.25, -0.2) is 0 Å². The Morgan fingerprint density at radius 1 is 1.11 bits per heavy atom. The van der Waals surface area contributed by atoms with Gasteiger partial charge in [-0.2, -0.15) is 0 Å². The van der Waals surface area contributed by atoms with E-state index in [0.717, 1.165) is 0 Å². The number of benzene rings is 1. The first kappa shape index (κ1) is 14.7. The summed E-state index contributed by atoms with van der Waals surface area (Å²) in [6.45, 7) is 4.48. The highest BCUT2D eigenvalue weighted by Crippen LogP contribution is 2.15. The van der Waals surface area contributed by atoms with Crippen molar-refractivity contribution < 1.29 is 15.0 Å². The summed E-state index contributed by atoms with van der Waals surface area (Å²) in [6.07, 6.45) is 0. The average molecular weight is 251 g/mol. The third kappa shape index (κ3) is 3.82. The molecule has 0 atom stereocenters. The molecule has 0 fully saturated rings. The molecule has 0 radical (unpaired) electrons. The summed E-state index contributed by atoms with van der Waals surface area (Å²) >= 11 is 0. The van der Waals surface area contributed by atoms with Crippen molar-refractivity contribution in [1.82, 2.24) is 4.90 Å². The van der Waals surface area contributed by atoms with E-state index in [0.29, 0.717) is 11.5 Å². The second-order valence-electron chi connectivity index (χ2n) is 4.52. The Morgan fingerprint density at radius 3 is 2.00 bits per heavy atom. The Morgan fingerprint density at radius 2 is 1.61 bits per heavy atom. The van der Waals surface area contributed by atoms with Gasteiger partial charge in [0.2, 0.25) is 0 Å². The van der Waals surface area contributed by atoms with Crippen molar-refractivity contribution in [3.63, 3.8) is 0 Å². The zero-order chi connectivity index (χ0) is 13.5. The minimum absolute atomic E-state index is 0.101. The Hall–Kier alpha value is -1.39. The monoisotopic (exact) mass is 251 g/mol. The minimum atomic E-state index is -0.159. The molecule has 0 bridgehead atoms. The quantitative estimate of drug-likeness (QED) is 0.799. The fourth-order valence-corrected chi connectivity index (χ4v) is 1.75. The van der Waals surface area contributed by atoms with E-state index in [9.17, 15) is 4.79 Å². The molecule has 4 heteroatoms. The number of rotatable bonds is 6. The zero-order valence-corrected chi connectivity index (χ0v) is 11.0. The van der Waals surface area contributed by atoms with Crippen LogP contribution in [-0.2, 0) is 0 Å². The van der Waals surface area contributed by atoms with Crippen molar-refractivity contribution in [2.24, 2.45) is 0 Å². The van der Waals surface area contributed by atoms with E-state index in [1.165, 1.54) is 10.5 Å². The first-order valence-corrected chi connectivity index (χ1v) is 6.21. The smallest absolute Gasteiger partial charge is 0.254 e. The number of carbonyl (C=O) groups excluding carboxylic acids is 1. The molecule has 2 N–H and O–H groups in total. The van der Waals surface area contributed by atoms with Crippen molar-refractivity contribution in [2.45, 2.75) is 19.8 Å². The van der Waals surface area contributed by atoms with Gasteiger partial charge in [-0.15, -0.1) is 0 Å². The van der Waals surface area contributed by atoms with Crippen LogP contribution in [0.2, 0.25) is 0 Å². The van der Waals surface area contributed by atoms with E-state index in [4.69, 9.17) is 10.2 Å². The van der Waals surface area contributed by atoms with Crippen molar-refractivity contribution in [3.8, 4) is 0 Å². The molecule has 18 heavy (non-hydrogen) atoms. The second kappa shape index (κ2) is 7.13. The summed E-state index contributed by atoms with van der Waals surface area (Å²) in [5.41, 5.74) is 1.77. The Kier molecular flexibility index (Phi) is 5.82. The summed E-state index contributed by atoms with van der Waals surface area (Å²) in [7, 11) is 0. The Balaban J connectivity index is 2.81. The van der Waals surface area contributed by atoms with Crippen LogP contribution < -0.4 is 0 Å². The number of amides is 1. The molecule has 0 saturated carbocycles. The lowest BCUT2D eigenvalue weighted by atomic mass is 10.0. The summed E-state index contributed by atoms with van der Waals surface area (Å²) in [5.74, 6) is 0.272. The molecular weight excluding hydrogens is 230 g/mol. The summed E-state index contributed by atoms with van der Waals surface area (Å²) in [4.78, 5) is 13.6. The maximum atomic E-state index is 12.1. The summed E-state index contributed by atoms with van der Waals surface area (Å²) in [5, 5.41) is 17.8. The van der Waals surface area contributed by atoms with Crippen LogP contribution in [0, 0.1) is 0 Å². The highest BCUT2D eigenvalue weighted by molar-refractivity contribution is 5.94. The van der Waals surface area contributed by atoms with E-state index in [-0.39, 0.29) is 32.2 Å². The fourth-order valence-electron chi connectivity index (χ4n) is 1.75. The Bertz CT molecular complexity index is 367. The second-order valence-corrected chi connectivity index (χ2v) is 4.52. The molecule has 4 nitrogen and oxygen atoms in total. The van der Waals surface area contributed by atoms with E-state index < -0.39 is 0 Å². The van der Waals surface area contributed by atoms with E-state index in [1.807, 2.05) is 12.1 Å². The van der Waals surface area contributed by atoms with E-state index in [2.05, 4.69) is 13.8 Å². The van der Waals surface area contributed by atoms with Gasteiger partial charge in [-0.3, -0.25) is 4.79 Å². The maximum absolute atomic E-state index is 12.1. The van der Waals surface area contributed by atoms with Crippen molar-refractivity contribution >= 4 is 5.91 Å². The summed E-state index contributed by atoms with van der Waals surface area (Å²) < 4.78 is 0. The number of hydrogen-bond donors (Lipinski definition) is 2. The molecule has 0 aliphatic rings. The molecule has 0 saturated heterocycles. The largest absolute Gasteiger partial charge is 0.395 e. The first-order chi connectivity index (χ1) is 8.60. The molecule has 0 spiro atoms. The molecule has 0 unspecified atom stereocenters. The van der Waals surface area contributed by atoms with Crippen molar-refractivity contribution in [3.05, 3.63) is 35.4 Å². The van der Waals surface area contributed by atoms with Crippen LogP contribution in [0.4, 0.5) is 0 Å². The van der Waals surface area contributed by atoms with Gasteiger partial charge in [0, 0.05) is 18.7 Å². The predicted octanol–water partition coefficient (Wildman–Crippen LogP) is 1.24. The van der Waals surface area contributed by atoms with Gasteiger partial charge in [0.05, 0.1) is 13.2 Å². The molecule has 100 valence electrons. The van der Waals surface area contributed by atoms with Gasteiger partial charge in [-0.1, -0.05) is 26.0 Å². The number of hydrogen-bond acceptors (Lipinski definition) is 3. The van der Waals surface area contributed by atoms with Crippen LogP contribution in [0.5, 0.6) is 0 Å². The van der Waals surface area contributed by atoms with Crippen LogP contribution >= 0.6 is 0 Å². The molecule has 0 aliphatic carbocycles. The van der Waals surface area contributed by atoms with Crippen molar-refractivity contribution in [1.29, 1.82) is 0 Å². The molecule has 1 aromatic carbocycles. The average Bonchev–Trinajstić information content (AvgIpc) is 2.38. The van der Waals surface area contributed by atoms with Gasteiger partial charge in [0.15, 0.2) is 0 Å². The van der Waals surface area contributed by atoms with Crippen LogP contribution in [0.25, 0.3) is 0 Å². The van der Waals surface area contributed by atoms with Crippen molar-refractivity contribution in [2.75, 3.05) is 26.3 Å². The normalized spacial score (nSPS) is 10.7. The van der Waals surface area contributed by atoms with Gasteiger partial charge in [0.25, 0.3) is 5.91 Å². The van der Waals surface area contributed by atoms with Crippen LogP contribution in [-0.4, -0.2) is 47.3 Å².